The third-order valence-corrected chi connectivity index (χ3v) is 4.42. The highest BCUT2D eigenvalue weighted by Gasteiger charge is 2.19. The molecule has 3 nitrogen and oxygen atoms in total. The molecule has 1 aromatic carbocycles. The van der Waals surface area contributed by atoms with Crippen LogP contribution in [0.15, 0.2) is 40.6 Å². The van der Waals surface area contributed by atoms with Crippen molar-refractivity contribution in [3.63, 3.8) is 0 Å². The molecule has 0 unspecified atom stereocenters. The topological polar surface area (TPSA) is 37.8 Å². The highest BCUT2D eigenvalue weighted by molar-refractivity contribution is 7.99. The average Bonchev–Trinajstić information content (AvgIpc) is 3.26. The molecule has 1 saturated carbocycles. The number of nitrogens with one attached hydrogen (secondary N) is 1. The maximum atomic E-state index is 4.44. The Morgan fingerprint density at radius 2 is 1.90 bits per heavy atom. The van der Waals surface area contributed by atoms with E-state index >= 15 is 0 Å². The Morgan fingerprint density at radius 3 is 2.55 bits per heavy atom. The fourth-order valence-corrected chi connectivity index (χ4v) is 2.71. The molecular formula is C16H19N3S. The highest BCUT2D eigenvalue weighted by Crippen LogP contribution is 2.26. The normalized spacial score (nSPS) is 14.5. The number of hydrogen-bond donors (Lipinski definition) is 1. The summed E-state index contributed by atoms with van der Waals surface area (Å²) < 4.78 is 0. The number of nitrogens with zero attached hydrogens (tertiary/aromatic N) is 2. The molecule has 1 aromatic heterocycles. The van der Waals surface area contributed by atoms with Gasteiger partial charge in [0, 0.05) is 35.4 Å². The van der Waals surface area contributed by atoms with Crippen LogP contribution in [0.5, 0.6) is 0 Å². The monoisotopic (exact) mass is 285 g/mol. The lowest BCUT2D eigenvalue weighted by atomic mass is 10.1. The third-order valence-electron chi connectivity index (χ3n) is 3.54. The summed E-state index contributed by atoms with van der Waals surface area (Å²) in [5.74, 6) is 0. The first-order valence-electron chi connectivity index (χ1n) is 7.00. The summed E-state index contributed by atoms with van der Waals surface area (Å²) >= 11 is 1.61. The van der Waals surface area contributed by atoms with E-state index in [9.17, 15) is 0 Å². The number of aromatic nitrogens is 2. The summed E-state index contributed by atoms with van der Waals surface area (Å²) in [5, 5.41) is 4.28. The number of aryl methyl sites for hydroxylation is 2. The van der Waals surface area contributed by atoms with Gasteiger partial charge in [-0.3, -0.25) is 0 Å². The second kappa shape index (κ2) is 5.94. The molecule has 3 rings (SSSR count). The molecular weight excluding hydrogens is 266 g/mol. The van der Waals surface area contributed by atoms with Gasteiger partial charge in [-0.15, -0.1) is 0 Å². The minimum Gasteiger partial charge on any atom is -0.310 e. The van der Waals surface area contributed by atoms with Crippen molar-refractivity contribution in [3.05, 3.63) is 47.3 Å². The van der Waals surface area contributed by atoms with Gasteiger partial charge in [0.2, 0.25) is 0 Å². The fourth-order valence-electron chi connectivity index (χ4n) is 1.92. The second-order valence-electron chi connectivity index (χ2n) is 5.38. The zero-order valence-electron chi connectivity index (χ0n) is 11.9. The summed E-state index contributed by atoms with van der Waals surface area (Å²) in [6, 6.07) is 7.18. The van der Waals surface area contributed by atoms with Crippen molar-refractivity contribution >= 4 is 11.8 Å². The van der Waals surface area contributed by atoms with Crippen LogP contribution in [0, 0.1) is 13.8 Å². The molecule has 0 atom stereocenters. The van der Waals surface area contributed by atoms with E-state index in [1.165, 1.54) is 28.9 Å². The summed E-state index contributed by atoms with van der Waals surface area (Å²) in [7, 11) is 0. The Hall–Kier alpha value is -1.39. The van der Waals surface area contributed by atoms with E-state index in [0.29, 0.717) is 0 Å². The van der Waals surface area contributed by atoms with Crippen LogP contribution in [0.4, 0.5) is 0 Å². The summed E-state index contributed by atoms with van der Waals surface area (Å²) in [5.41, 5.74) is 3.78. The van der Waals surface area contributed by atoms with Gasteiger partial charge in [0.05, 0.1) is 0 Å². The molecule has 0 saturated heterocycles. The van der Waals surface area contributed by atoms with Crippen molar-refractivity contribution in [2.24, 2.45) is 0 Å². The maximum Gasteiger partial charge on any atom is 0.192 e. The van der Waals surface area contributed by atoms with Crippen LogP contribution < -0.4 is 5.32 Å². The summed E-state index contributed by atoms with van der Waals surface area (Å²) in [6.07, 6.45) is 6.46. The van der Waals surface area contributed by atoms with Crippen LogP contribution in [-0.2, 0) is 6.54 Å². The Kier molecular flexibility index (Phi) is 4.03. The molecule has 1 N–H and O–H groups in total. The van der Waals surface area contributed by atoms with E-state index < -0.39 is 0 Å². The Labute approximate surface area is 124 Å². The molecule has 4 heteroatoms. The van der Waals surface area contributed by atoms with Gasteiger partial charge in [-0.1, -0.05) is 6.07 Å². The summed E-state index contributed by atoms with van der Waals surface area (Å²) in [4.78, 5) is 10.1. The molecule has 0 amide bonds. The van der Waals surface area contributed by atoms with Crippen molar-refractivity contribution in [1.82, 2.24) is 15.3 Å². The van der Waals surface area contributed by atoms with Crippen LogP contribution in [-0.4, -0.2) is 16.0 Å². The van der Waals surface area contributed by atoms with Crippen LogP contribution in [0.1, 0.15) is 29.5 Å². The van der Waals surface area contributed by atoms with E-state index in [0.717, 1.165) is 23.3 Å². The minimum atomic E-state index is 0.722. The molecule has 2 aromatic rings. The zero-order valence-corrected chi connectivity index (χ0v) is 12.7. The lowest BCUT2D eigenvalue weighted by Gasteiger charge is -2.05. The van der Waals surface area contributed by atoms with Crippen molar-refractivity contribution in [2.75, 3.05) is 0 Å². The fraction of sp³-hybridized carbons (Fsp3) is 0.375. The van der Waals surface area contributed by atoms with Gasteiger partial charge in [-0.25, -0.2) is 9.97 Å². The summed E-state index contributed by atoms with van der Waals surface area (Å²) in [6.45, 7) is 5.13. The molecule has 1 heterocycles. The quantitative estimate of drug-likeness (QED) is 0.853. The van der Waals surface area contributed by atoms with Crippen molar-refractivity contribution < 1.29 is 0 Å². The molecule has 20 heavy (non-hydrogen) atoms. The van der Waals surface area contributed by atoms with Gasteiger partial charge in [0.1, 0.15) is 0 Å². The van der Waals surface area contributed by atoms with Gasteiger partial charge in [-0.2, -0.15) is 0 Å². The van der Waals surface area contributed by atoms with Crippen LogP contribution >= 0.6 is 11.8 Å². The van der Waals surface area contributed by atoms with E-state index in [1.54, 1.807) is 11.8 Å². The van der Waals surface area contributed by atoms with Gasteiger partial charge in [0.15, 0.2) is 5.16 Å². The first-order chi connectivity index (χ1) is 9.70. The van der Waals surface area contributed by atoms with Crippen LogP contribution in [0.25, 0.3) is 0 Å². The maximum absolute atomic E-state index is 4.44. The van der Waals surface area contributed by atoms with Crippen molar-refractivity contribution in [1.29, 1.82) is 0 Å². The lowest BCUT2D eigenvalue weighted by molar-refractivity contribution is 0.680. The van der Waals surface area contributed by atoms with Crippen LogP contribution in [0.2, 0.25) is 0 Å². The van der Waals surface area contributed by atoms with Gasteiger partial charge in [0.25, 0.3) is 0 Å². The Morgan fingerprint density at radius 1 is 1.15 bits per heavy atom. The third kappa shape index (κ3) is 3.58. The molecule has 1 aliphatic rings. The van der Waals surface area contributed by atoms with E-state index in [4.69, 9.17) is 0 Å². The predicted molar refractivity (Wildman–Crippen MR) is 81.9 cm³/mol. The molecule has 1 aliphatic carbocycles. The van der Waals surface area contributed by atoms with Gasteiger partial charge >= 0.3 is 0 Å². The molecule has 0 spiro atoms. The standard InChI is InChI=1S/C16H19N3S/c1-11-3-6-15(7-12(11)2)20-16-18-9-13(10-19-16)8-17-14-4-5-14/h3,6-7,9-10,14,17H,4-5,8H2,1-2H3. The highest BCUT2D eigenvalue weighted by atomic mass is 32.2. The first kappa shape index (κ1) is 13.6. The lowest BCUT2D eigenvalue weighted by Crippen LogP contribution is -2.15. The number of benzene rings is 1. The molecule has 104 valence electrons. The second-order valence-corrected chi connectivity index (χ2v) is 6.42. The number of hydrogen-bond acceptors (Lipinski definition) is 4. The van der Waals surface area contributed by atoms with E-state index in [2.05, 4.69) is 47.3 Å². The predicted octanol–water partition coefficient (Wildman–Crippen LogP) is 3.50. The zero-order chi connectivity index (χ0) is 13.9. The molecule has 0 radical (unpaired) electrons. The van der Waals surface area contributed by atoms with Gasteiger partial charge < -0.3 is 5.32 Å². The Bertz CT molecular complexity index is 591. The SMILES string of the molecule is Cc1ccc(Sc2ncc(CNC3CC3)cn2)cc1C. The molecule has 0 aliphatic heterocycles. The van der Waals surface area contributed by atoms with E-state index in [1.807, 2.05) is 12.4 Å². The van der Waals surface area contributed by atoms with Crippen molar-refractivity contribution in [3.8, 4) is 0 Å². The minimum absolute atomic E-state index is 0.722. The number of rotatable bonds is 5. The van der Waals surface area contributed by atoms with Gasteiger partial charge in [-0.05, 0) is 61.7 Å². The molecule has 1 fully saturated rings. The average molecular weight is 285 g/mol. The largest absolute Gasteiger partial charge is 0.310 e. The Balaban J connectivity index is 1.62. The first-order valence-corrected chi connectivity index (χ1v) is 7.82. The van der Waals surface area contributed by atoms with Crippen molar-refractivity contribution in [2.45, 2.75) is 49.3 Å². The smallest absolute Gasteiger partial charge is 0.192 e. The van der Waals surface area contributed by atoms with E-state index in [-0.39, 0.29) is 0 Å². The van der Waals surface area contributed by atoms with Crippen LogP contribution in [0.3, 0.4) is 0 Å². The molecule has 0 bridgehead atoms.